The monoisotopic (exact) mass is 353 g/mol. The normalized spacial score (nSPS) is 25.9. The molecule has 1 unspecified atom stereocenters. The van der Waals surface area contributed by atoms with E-state index in [1.54, 1.807) is 0 Å². The van der Waals surface area contributed by atoms with Crippen LogP contribution in [0.4, 0.5) is 6.01 Å². The van der Waals surface area contributed by atoms with Crippen molar-refractivity contribution in [3.8, 4) is 0 Å². The molecule has 1 aliphatic heterocycles. The molecule has 26 heavy (non-hydrogen) atoms. The number of aromatic nitrogens is 3. The topological polar surface area (TPSA) is 84.2 Å². The van der Waals surface area contributed by atoms with Crippen molar-refractivity contribution in [1.29, 1.82) is 0 Å². The lowest BCUT2D eigenvalue weighted by molar-refractivity contribution is -0.130. The van der Waals surface area contributed by atoms with E-state index in [1.807, 2.05) is 29.3 Å². The molecule has 5 rings (SSSR count). The number of anilines is 1. The predicted octanol–water partition coefficient (Wildman–Crippen LogP) is 2.55. The highest BCUT2D eigenvalue weighted by Gasteiger charge is 2.45. The average Bonchev–Trinajstić information content (AvgIpc) is 3.60. The zero-order chi connectivity index (χ0) is 17.6. The molecule has 1 N–H and O–H groups in total. The smallest absolute Gasteiger partial charge is 0.315 e. The Hall–Kier alpha value is -2.44. The molecule has 0 aromatic carbocycles. The van der Waals surface area contributed by atoms with Gasteiger partial charge in [-0.25, -0.2) is 0 Å². The zero-order valence-corrected chi connectivity index (χ0v) is 14.7. The van der Waals surface area contributed by atoms with Crippen molar-refractivity contribution < 1.29 is 9.21 Å². The molecule has 2 aliphatic carbocycles. The minimum atomic E-state index is 0.109. The molecule has 2 atom stereocenters. The van der Waals surface area contributed by atoms with Gasteiger partial charge in [-0.1, -0.05) is 11.2 Å². The van der Waals surface area contributed by atoms with E-state index in [-0.39, 0.29) is 18.4 Å². The first kappa shape index (κ1) is 15.8. The molecular formula is C19H23N5O2. The van der Waals surface area contributed by atoms with Crippen LogP contribution >= 0.6 is 0 Å². The number of likely N-dealkylation sites (tertiary alicyclic amines) is 1. The molecular weight excluding hydrogens is 330 g/mol. The lowest BCUT2D eigenvalue weighted by atomic mass is 9.94. The van der Waals surface area contributed by atoms with Crippen molar-refractivity contribution in [3.05, 3.63) is 36.0 Å². The number of pyridine rings is 1. The predicted molar refractivity (Wildman–Crippen MR) is 94.6 cm³/mol. The number of amides is 1. The summed E-state index contributed by atoms with van der Waals surface area (Å²) in [5.41, 5.74) is 1.65. The van der Waals surface area contributed by atoms with E-state index in [2.05, 4.69) is 20.5 Å². The Morgan fingerprint density at radius 3 is 2.77 bits per heavy atom. The van der Waals surface area contributed by atoms with Crippen molar-refractivity contribution in [2.75, 3.05) is 25.0 Å². The molecule has 3 heterocycles. The van der Waals surface area contributed by atoms with Crippen LogP contribution in [-0.4, -0.2) is 45.6 Å². The second kappa shape index (κ2) is 6.07. The highest BCUT2D eigenvalue weighted by molar-refractivity contribution is 5.80. The summed E-state index contributed by atoms with van der Waals surface area (Å²) in [6.45, 7) is 1.97. The van der Waals surface area contributed by atoms with E-state index in [4.69, 9.17) is 4.42 Å². The van der Waals surface area contributed by atoms with E-state index in [0.717, 1.165) is 38.0 Å². The van der Waals surface area contributed by atoms with Crippen molar-refractivity contribution in [2.45, 2.75) is 43.9 Å². The quantitative estimate of drug-likeness (QED) is 0.889. The molecule has 0 radical (unpaired) electrons. The molecule has 2 aromatic rings. The number of hydrogen-bond donors (Lipinski definition) is 1. The van der Waals surface area contributed by atoms with Gasteiger partial charge in [-0.05, 0) is 49.7 Å². The molecule has 1 saturated heterocycles. The van der Waals surface area contributed by atoms with Crippen LogP contribution in [0.3, 0.4) is 0 Å². The average molecular weight is 353 g/mol. The van der Waals surface area contributed by atoms with Gasteiger partial charge in [0.05, 0.1) is 6.54 Å². The summed E-state index contributed by atoms with van der Waals surface area (Å²) in [6.07, 6.45) is 7.79. The van der Waals surface area contributed by atoms with Crippen LogP contribution in [0.25, 0.3) is 0 Å². The highest BCUT2D eigenvalue weighted by Crippen LogP contribution is 2.54. The Morgan fingerprint density at radius 2 is 2.04 bits per heavy atom. The molecule has 3 aliphatic rings. The number of carbonyl (C=O) groups is 1. The summed E-state index contributed by atoms with van der Waals surface area (Å²) in [6, 6.07) is 6.27. The van der Waals surface area contributed by atoms with Gasteiger partial charge in [0.2, 0.25) is 11.8 Å². The highest BCUT2D eigenvalue weighted by atomic mass is 16.4. The van der Waals surface area contributed by atoms with Gasteiger partial charge in [-0.3, -0.25) is 9.78 Å². The fourth-order valence-corrected chi connectivity index (χ4v) is 4.02. The minimum absolute atomic E-state index is 0.109. The molecule has 7 nitrogen and oxygen atoms in total. The first-order chi connectivity index (χ1) is 12.7. The van der Waals surface area contributed by atoms with Crippen molar-refractivity contribution in [1.82, 2.24) is 20.1 Å². The van der Waals surface area contributed by atoms with Crippen molar-refractivity contribution in [2.24, 2.45) is 5.41 Å². The summed E-state index contributed by atoms with van der Waals surface area (Å²) < 4.78 is 5.71. The second-order valence-corrected chi connectivity index (χ2v) is 7.88. The summed E-state index contributed by atoms with van der Waals surface area (Å²) in [7, 11) is 0. The first-order valence-electron chi connectivity index (χ1n) is 9.48. The lowest BCUT2D eigenvalue weighted by Gasteiger charge is -2.32. The summed E-state index contributed by atoms with van der Waals surface area (Å²) in [5, 5.41) is 11.2. The zero-order valence-electron chi connectivity index (χ0n) is 14.7. The number of piperidine rings is 1. The maximum atomic E-state index is 12.4. The number of carbonyl (C=O) groups excluding carboxylic acids is 1. The molecule has 7 heteroatoms. The Balaban J connectivity index is 1.13. The Kier molecular flexibility index (Phi) is 3.69. The third kappa shape index (κ3) is 3.06. The Bertz CT molecular complexity index is 791. The second-order valence-electron chi connectivity index (χ2n) is 7.88. The van der Waals surface area contributed by atoms with Crippen LogP contribution in [0.1, 0.15) is 55.5 Å². The number of rotatable bonds is 5. The summed E-state index contributed by atoms with van der Waals surface area (Å²) in [5.74, 6) is 1.33. The van der Waals surface area contributed by atoms with Crippen LogP contribution in [0.2, 0.25) is 0 Å². The number of nitrogens with one attached hydrogen (secondary N) is 1. The summed E-state index contributed by atoms with van der Waals surface area (Å²) in [4.78, 5) is 18.7. The fraction of sp³-hybridized carbons (Fsp3) is 0.579. The van der Waals surface area contributed by atoms with E-state index >= 15 is 0 Å². The van der Waals surface area contributed by atoms with Crippen molar-refractivity contribution in [3.63, 3.8) is 0 Å². The maximum absolute atomic E-state index is 12.4. The molecule has 136 valence electrons. The van der Waals surface area contributed by atoms with E-state index < -0.39 is 0 Å². The van der Waals surface area contributed by atoms with Crippen LogP contribution in [-0.2, 0) is 4.79 Å². The fourth-order valence-electron chi connectivity index (χ4n) is 4.02. The molecule has 1 spiro atoms. The Morgan fingerprint density at radius 1 is 1.19 bits per heavy atom. The molecule has 2 saturated carbocycles. The van der Waals surface area contributed by atoms with Crippen LogP contribution in [0, 0.1) is 5.41 Å². The Labute approximate surface area is 152 Å². The third-order valence-corrected chi connectivity index (χ3v) is 6.14. The van der Waals surface area contributed by atoms with Gasteiger partial charge in [-0.2, -0.15) is 0 Å². The number of hydrogen-bond acceptors (Lipinski definition) is 6. The van der Waals surface area contributed by atoms with Gasteiger partial charge in [0.15, 0.2) is 0 Å². The van der Waals surface area contributed by atoms with Gasteiger partial charge in [0.1, 0.15) is 0 Å². The van der Waals surface area contributed by atoms with E-state index in [9.17, 15) is 4.79 Å². The van der Waals surface area contributed by atoms with Crippen LogP contribution in [0.15, 0.2) is 28.8 Å². The van der Waals surface area contributed by atoms with Gasteiger partial charge >= 0.3 is 6.01 Å². The summed E-state index contributed by atoms with van der Waals surface area (Å²) >= 11 is 0. The molecule has 0 bridgehead atoms. The lowest BCUT2D eigenvalue weighted by Crippen LogP contribution is -2.41. The largest absolute Gasteiger partial charge is 0.408 e. The van der Waals surface area contributed by atoms with Crippen LogP contribution < -0.4 is 5.32 Å². The van der Waals surface area contributed by atoms with Gasteiger partial charge < -0.3 is 14.6 Å². The third-order valence-electron chi connectivity index (χ3n) is 6.14. The number of nitrogens with zero attached hydrogens (tertiary/aromatic N) is 4. The van der Waals surface area contributed by atoms with Gasteiger partial charge in [0.25, 0.3) is 0 Å². The van der Waals surface area contributed by atoms with Crippen LogP contribution in [0.5, 0.6) is 0 Å². The van der Waals surface area contributed by atoms with E-state index in [1.165, 1.54) is 12.8 Å². The van der Waals surface area contributed by atoms with Crippen molar-refractivity contribution >= 4 is 11.9 Å². The molecule has 2 aromatic heterocycles. The minimum Gasteiger partial charge on any atom is -0.408 e. The van der Waals surface area contributed by atoms with Gasteiger partial charge in [-0.15, -0.1) is 5.10 Å². The van der Waals surface area contributed by atoms with Gasteiger partial charge in [0, 0.05) is 36.8 Å². The SMILES string of the molecule is O=C(CNc1nnc([C@H]2CC2c2ccccn2)o1)N1CCC2(CC1)CC2. The molecule has 3 fully saturated rings. The molecule has 1 amide bonds. The standard InChI is InChI=1S/C19H23N5O2/c25-16(24-9-6-19(4-5-19)7-10-24)12-21-18-23-22-17(26-18)14-11-13(14)15-3-1-2-8-20-15/h1-3,8,13-14H,4-7,9-12H2,(H,21,23)/t13?,14-/m0/s1. The van der Waals surface area contributed by atoms with E-state index in [0.29, 0.717) is 23.2 Å². The maximum Gasteiger partial charge on any atom is 0.315 e. The first-order valence-corrected chi connectivity index (χ1v) is 9.48.